The van der Waals surface area contributed by atoms with Crippen LogP contribution in [0.15, 0.2) is 77.1 Å². The summed E-state index contributed by atoms with van der Waals surface area (Å²) in [6.45, 7) is 4.01. The van der Waals surface area contributed by atoms with Gasteiger partial charge in [0.05, 0.1) is 12.7 Å². The van der Waals surface area contributed by atoms with E-state index in [1.165, 1.54) is 7.11 Å². The van der Waals surface area contributed by atoms with Crippen LogP contribution in [0.25, 0.3) is 11.1 Å². The molecule has 0 bridgehead atoms. The Morgan fingerprint density at radius 2 is 1.70 bits per heavy atom. The molecule has 0 saturated heterocycles. The standard InChI is InChI=1S/C26H27NO3/c1-4-17-14-21-25(22(28)15-17)24(23(16(2)27-21)26(29)30-3)20-12-10-19(11-13-20)18-8-6-5-7-9-18/h5-13,17,24,27H,4,14-15H2,1-3H3. The predicted octanol–water partition coefficient (Wildman–Crippen LogP) is 5.13. The van der Waals surface area contributed by atoms with Gasteiger partial charge >= 0.3 is 5.97 Å². The summed E-state index contributed by atoms with van der Waals surface area (Å²) in [5.74, 6) is -0.322. The lowest BCUT2D eigenvalue weighted by atomic mass is 9.72. The number of carbonyl (C=O) groups is 2. The van der Waals surface area contributed by atoms with Crippen LogP contribution in [-0.4, -0.2) is 18.9 Å². The third-order valence-electron chi connectivity index (χ3n) is 6.25. The van der Waals surface area contributed by atoms with Gasteiger partial charge in [-0.1, -0.05) is 67.9 Å². The van der Waals surface area contributed by atoms with E-state index in [9.17, 15) is 9.59 Å². The highest BCUT2D eigenvalue weighted by Gasteiger charge is 2.40. The number of benzene rings is 2. The van der Waals surface area contributed by atoms with Crippen molar-refractivity contribution in [1.29, 1.82) is 0 Å². The first kappa shape index (κ1) is 20.1. The largest absolute Gasteiger partial charge is 0.466 e. The minimum atomic E-state index is -0.399. The highest BCUT2D eigenvalue weighted by molar-refractivity contribution is 6.04. The van der Waals surface area contributed by atoms with E-state index in [2.05, 4.69) is 36.5 Å². The van der Waals surface area contributed by atoms with Crippen LogP contribution in [0.2, 0.25) is 0 Å². The number of hydrogen-bond acceptors (Lipinski definition) is 4. The Hall–Kier alpha value is -3.14. The number of nitrogens with one attached hydrogen (secondary N) is 1. The molecule has 4 nitrogen and oxygen atoms in total. The van der Waals surface area contributed by atoms with Crippen molar-refractivity contribution in [1.82, 2.24) is 5.32 Å². The molecule has 1 aliphatic heterocycles. The lowest BCUT2D eigenvalue weighted by molar-refractivity contribution is -0.136. The minimum Gasteiger partial charge on any atom is -0.466 e. The monoisotopic (exact) mass is 401 g/mol. The molecule has 1 N–H and O–H groups in total. The Labute approximate surface area is 177 Å². The van der Waals surface area contributed by atoms with Crippen LogP contribution in [0.1, 0.15) is 44.6 Å². The number of carbonyl (C=O) groups excluding carboxylic acids is 2. The Morgan fingerprint density at radius 3 is 2.33 bits per heavy atom. The van der Waals surface area contributed by atoms with Crippen molar-refractivity contribution in [2.75, 3.05) is 7.11 Å². The topological polar surface area (TPSA) is 55.4 Å². The molecule has 2 aliphatic rings. The van der Waals surface area contributed by atoms with Crippen LogP contribution < -0.4 is 5.32 Å². The van der Waals surface area contributed by atoms with E-state index in [-0.39, 0.29) is 5.78 Å². The second-order valence-corrected chi connectivity index (χ2v) is 8.07. The average Bonchev–Trinajstić information content (AvgIpc) is 2.78. The fourth-order valence-corrected chi connectivity index (χ4v) is 4.62. The van der Waals surface area contributed by atoms with Gasteiger partial charge in [-0.25, -0.2) is 4.79 Å². The molecule has 0 saturated carbocycles. The van der Waals surface area contributed by atoms with E-state index < -0.39 is 11.9 Å². The fourth-order valence-electron chi connectivity index (χ4n) is 4.62. The summed E-state index contributed by atoms with van der Waals surface area (Å²) in [5.41, 5.74) is 6.14. The second kappa shape index (κ2) is 8.31. The number of methoxy groups -OCH3 is 1. The molecule has 154 valence electrons. The Kier molecular flexibility index (Phi) is 5.58. The van der Waals surface area contributed by atoms with Crippen molar-refractivity contribution in [2.24, 2.45) is 5.92 Å². The van der Waals surface area contributed by atoms with E-state index in [4.69, 9.17) is 4.74 Å². The van der Waals surface area contributed by atoms with Crippen LogP contribution in [0, 0.1) is 5.92 Å². The minimum absolute atomic E-state index is 0.127. The maximum atomic E-state index is 13.2. The van der Waals surface area contributed by atoms with Crippen molar-refractivity contribution >= 4 is 11.8 Å². The zero-order valence-electron chi connectivity index (χ0n) is 17.7. The van der Waals surface area contributed by atoms with Crippen LogP contribution in [-0.2, 0) is 14.3 Å². The smallest absolute Gasteiger partial charge is 0.336 e. The fraction of sp³-hybridized carbons (Fsp3) is 0.308. The van der Waals surface area contributed by atoms with Crippen LogP contribution in [0.4, 0.5) is 0 Å². The van der Waals surface area contributed by atoms with Crippen molar-refractivity contribution in [3.63, 3.8) is 0 Å². The SMILES string of the molecule is CCC1CC(=O)C2=C(C1)NC(C)=C(C(=O)OC)C2c1ccc(-c2ccccc2)cc1. The van der Waals surface area contributed by atoms with Gasteiger partial charge in [0.2, 0.25) is 0 Å². The number of esters is 1. The van der Waals surface area contributed by atoms with Gasteiger partial charge in [0, 0.05) is 29.3 Å². The summed E-state index contributed by atoms with van der Waals surface area (Å²) in [6.07, 6.45) is 2.33. The Morgan fingerprint density at radius 1 is 1.03 bits per heavy atom. The van der Waals surface area contributed by atoms with Gasteiger partial charge in [0.25, 0.3) is 0 Å². The molecule has 2 aromatic carbocycles. The van der Waals surface area contributed by atoms with Gasteiger partial charge in [-0.2, -0.15) is 0 Å². The molecule has 0 aromatic heterocycles. The summed E-state index contributed by atoms with van der Waals surface area (Å²) >= 11 is 0. The average molecular weight is 402 g/mol. The molecule has 4 heteroatoms. The molecule has 1 aliphatic carbocycles. The van der Waals surface area contributed by atoms with Gasteiger partial charge in [0.1, 0.15) is 0 Å². The lowest BCUT2D eigenvalue weighted by Gasteiger charge is -2.36. The molecule has 0 fully saturated rings. The quantitative estimate of drug-likeness (QED) is 0.722. The van der Waals surface area contributed by atoms with Crippen molar-refractivity contribution in [3.8, 4) is 11.1 Å². The van der Waals surface area contributed by atoms with E-state index in [0.717, 1.165) is 46.5 Å². The molecule has 4 rings (SSSR count). The molecule has 1 heterocycles. The second-order valence-electron chi connectivity index (χ2n) is 8.07. The number of hydrogen-bond donors (Lipinski definition) is 1. The summed E-state index contributed by atoms with van der Waals surface area (Å²) in [5, 5.41) is 3.35. The maximum Gasteiger partial charge on any atom is 0.336 e. The zero-order chi connectivity index (χ0) is 21.3. The Bertz CT molecular complexity index is 1030. The summed E-state index contributed by atoms with van der Waals surface area (Å²) in [4.78, 5) is 25.9. The van der Waals surface area contributed by atoms with Gasteiger partial charge < -0.3 is 10.1 Å². The summed E-state index contributed by atoms with van der Waals surface area (Å²) in [6, 6.07) is 18.3. The maximum absolute atomic E-state index is 13.2. The highest BCUT2D eigenvalue weighted by Crippen LogP contribution is 2.44. The third kappa shape index (κ3) is 3.58. The van der Waals surface area contributed by atoms with Crippen LogP contribution in [0.5, 0.6) is 0 Å². The molecule has 0 radical (unpaired) electrons. The van der Waals surface area contributed by atoms with Crippen LogP contribution >= 0.6 is 0 Å². The molecule has 0 amide bonds. The molecule has 2 aromatic rings. The normalized spacial score (nSPS) is 21.2. The first-order chi connectivity index (χ1) is 14.5. The van der Waals surface area contributed by atoms with Gasteiger partial charge in [-0.3, -0.25) is 4.79 Å². The predicted molar refractivity (Wildman–Crippen MR) is 118 cm³/mol. The molecule has 30 heavy (non-hydrogen) atoms. The van der Waals surface area contributed by atoms with E-state index in [1.54, 1.807) is 0 Å². The molecule has 0 spiro atoms. The third-order valence-corrected chi connectivity index (χ3v) is 6.25. The van der Waals surface area contributed by atoms with Gasteiger partial charge in [-0.15, -0.1) is 0 Å². The summed E-state index contributed by atoms with van der Waals surface area (Å²) in [7, 11) is 1.39. The Balaban J connectivity index is 1.80. The van der Waals surface area contributed by atoms with E-state index in [1.807, 2.05) is 37.3 Å². The lowest BCUT2D eigenvalue weighted by Crippen LogP contribution is -2.36. The van der Waals surface area contributed by atoms with Crippen molar-refractivity contribution in [2.45, 2.75) is 39.0 Å². The zero-order valence-corrected chi connectivity index (χ0v) is 17.7. The number of allylic oxidation sites excluding steroid dienone is 3. The van der Waals surface area contributed by atoms with Crippen LogP contribution in [0.3, 0.4) is 0 Å². The van der Waals surface area contributed by atoms with E-state index in [0.29, 0.717) is 17.9 Å². The van der Waals surface area contributed by atoms with Gasteiger partial charge in [-0.05, 0) is 36.0 Å². The number of ketones is 1. The summed E-state index contributed by atoms with van der Waals surface area (Å²) < 4.78 is 5.09. The first-order valence-corrected chi connectivity index (χ1v) is 10.5. The number of dihydropyridines is 1. The van der Waals surface area contributed by atoms with Crippen molar-refractivity contribution < 1.29 is 14.3 Å². The molecule has 2 unspecified atom stereocenters. The first-order valence-electron chi connectivity index (χ1n) is 10.5. The van der Waals surface area contributed by atoms with Gasteiger partial charge in [0.15, 0.2) is 5.78 Å². The molecular weight excluding hydrogens is 374 g/mol. The highest BCUT2D eigenvalue weighted by atomic mass is 16.5. The molecular formula is C26H27NO3. The van der Waals surface area contributed by atoms with Crippen molar-refractivity contribution in [3.05, 3.63) is 82.7 Å². The van der Waals surface area contributed by atoms with E-state index >= 15 is 0 Å². The number of rotatable bonds is 4. The number of ether oxygens (including phenoxy) is 1. The number of Topliss-reactive ketones (excluding diaryl/α,β-unsaturated/α-hetero) is 1. The molecule has 2 atom stereocenters.